The lowest BCUT2D eigenvalue weighted by atomic mass is 10.1. The third kappa shape index (κ3) is 2.05. The predicted octanol–water partition coefficient (Wildman–Crippen LogP) is 3.32. The van der Waals surface area contributed by atoms with Gasteiger partial charge in [-0.3, -0.25) is 0 Å². The molecule has 0 heterocycles. The highest BCUT2D eigenvalue weighted by Crippen LogP contribution is 2.49. The minimum Gasteiger partial charge on any atom is -0.319 e. The Morgan fingerprint density at radius 2 is 2.21 bits per heavy atom. The largest absolute Gasteiger partial charge is 0.319 e. The van der Waals surface area contributed by atoms with E-state index in [1.165, 1.54) is 12.0 Å². The van der Waals surface area contributed by atoms with Gasteiger partial charge in [0.15, 0.2) is 0 Å². The summed E-state index contributed by atoms with van der Waals surface area (Å²) in [5.41, 5.74) is 1.25. The Bertz CT molecular complexity index is 338. The second-order valence-electron chi connectivity index (χ2n) is 3.83. The molecule has 2 rings (SSSR count). The minimum absolute atomic E-state index is 0.632. The van der Waals surface area contributed by atoms with Crippen LogP contribution in [0.3, 0.4) is 0 Å². The van der Waals surface area contributed by atoms with Crippen LogP contribution < -0.4 is 5.32 Å². The standard InChI is InChI=1S/C11H13Cl2N/c1-14-6-7-4-10(7)9-3-2-8(12)5-11(9)13/h2-3,5,7,10,14H,4,6H2,1H3/t7-,10-/m1/s1. The molecule has 1 N–H and O–H groups in total. The van der Waals surface area contributed by atoms with Crippen LogP contribution in [0.5, 0.6) is 0 Å². The van der Waals surface area contributed by atoms with Gasteiger partial charge in [0, 0.05) is 10.0 Å². The normalized spacial score (nSPS) is 25.1. The van der Waals surface area contributed by atoms with Gasteiger partial charge in [0.1, 0.15) is 0 Å². The third-order valence-corrected chi connectivity index (χ3v) is 3.31. The van der Waals surface area contributed by atoms with Crippen LogP contribution in [-0.2, 0) is 0 Å². The first-order chi connectivity index (χ1) is 6.72. The summed E-state index contributed by atoms with van der Waals surface area (Å²) in [6.07, 6.45) is 1.24. The summed E-state index contributed by atoms with van der Waals surface area (Å²) in [5.74, 6) is 1.38. The van der Waals surface area contributed by atoms with Gasteiger partial charge in [-0.15, -0.1) is 0 Å². The second-order valence-corrected chi connectivity index (χ2v) is 4.67. The fraction of sp³-hybridized carbons (Fsp3) is 0.455. The van der Waals surface area contributed by atoms with E-state index in [9.17, 15) is 0 Å². The van der Waals surface area contributed by atoms with Gasteiger partial charge in [0.05, 0.1) is 0 Å². The van der Waals surface area contributed by atoms with E-state index in [0.717, 1.165) is 17.5 Å². The third-order valence-electron chi connectivity index (χ3n) is 2.75. The lowest BCUT2D eigenvalue weighted by Gasteiger charge is -2.03. The summed E-state index contributed by atoms with van der Waals surface area (Å²) in [6, 6.07) is 5.79. The lowest BCUT2D eigenvalue weighted by molar-refractivity contribution is 0.698. The highest BCUT2D eigenvalue weighted by molar-refractivity contribution is 6.35. The van der Waals surface area contributed by atoms with Crippen LogP contribution in [0.1, 0.15) is 17.9 Å². The van der Waals surface area contributed by atoms with Gasteiger partial charge in [-0.25, -0.2) is 0 Å². The van der Waals surface area contributed by atoms with E-state index in [2.05, 4.69) is 5.32 Å². The van der Waals surface area contributed by atoms with Gasteiger partial charge in [0.25, 0.3) is 0 Å². The van der Waals surface area contributed by atoms with Gasteiger partial charge in [0.2, 0.25) is 0 Å². The molecular weight excluding hydrogens is 217 g/mol. The topological polar surface area (TPSA) is 12.0 Å². The summed E-state index contributed by atoms with van der Waals surface area (Å²) in [6.45, 7) is 1.07. The van der Waals surface area contributed by atoms with Crippen LogP contribution in [0.25, 0.3) is 0 Å². The molecule has 1 aromatic rings. The van der Waals surface area contributed by atoms with Crippen molar-refractivity contribution >= 4 is 23.2 Å². The van der Waals surface area contributed by atoms with Crippen molar-refractivity contribution in [1.29, 1.82) is 0 Å². The van der Waals surface area contributed by atoms with Crippen LogP contribution in [0.15, 0.2) is 18.2 Å². The summed E-state index contributed by atoms with van der Waals surface area (Å²) in [4.78, 5) is 0. The van der Waals surface area contributed by atoms with Gasteiger partial charge in [-0.05, 0) is 49.5 Å². The quantitative estimate of drug-likeness (QED) is 0.839. The highest BCUT2D eigenvalue weighted by Gasteiger charge is 2.38. The Hall–Kier alpha value is -0.240. The monoisotopic (exact) mass is 229 g/mol. The van der Waals surface area contributed by atoms with Crippen LogP contribution in [0.2, 0.25) is 10.0 Å². The molecule has 0 spiro atoms. The van der Waals surface area contributed by atoms with Crippen molar-refractivity contribution in [2.45, 2.75) is 12.3 Å². The van der Waals surface area contributed by atoms with Gasteiger partial charge in [-0.2, -0.15) is 0 Å². The molecule has 1 aromatic carbocycles. The van der Waals surface area contributed by atoms with Crippen molar-refractivity contribution in [1.82, 2.24) is 5.32 Å². The number of halogens is 2. The molecule has 1 nitrogen and oxygen atoms in total. The second kappa shape index (κ2) is 4.09. The van der Waals surface area contributed by atoms with Crippen molar-refractivity contribution < 1.29 is 0 Å². The number of hydrogen-bond donors (Lipinski definition) is 1. The van der Waals surface area contributed by atoms with Crippen LogP contribution in [-0.4, -0.2) is 13.6 Å². The van der Waals surface area contributed by atoms with E-state index in [0.29, 0.717) is 10.9 Å². The number of nitrogens with one attached hydrogen (secondary N) is 1. The Morgan fingerprint density at radius 1 is 1.43 bits per heavy atom. The van der Waals surface area contributed by atoms with Gasteiger partial charge in [-0.1, -0.05) is 29.3 Å². The van der Waals surface area contributed by atoms with Crippen molar-refractivity contribution in [2.75, 3.05) is 13.6 Å². The molecular formula is C11H13Cl2N. The molecule has 0 unspecified atom stereocenters. The molecule has 0 radical (unpaired) electrons. The van der Waals surface area contributed by atoms with Crippen molar-refractivity contribution in [3.63, 3.8) is 0 Å². The Kier molecular flexibility index (Phi) is 3.01. The first-order valence-corrected chi connectivity index (χ1v) is 5.57. The van der Waals surface area contributed by atoms with Crippen LogP contribution >= 0.6 is 23.2 Å². The molecule has 76 valence electrons. The van der Waals surface area contributed by atoms with Crippen molar-refractivity contribution in [3.05, 3.63) is 33.8 Å². The Labute approximate surface area is 94.4 Å². The van der Waals surface area contributed by atoms with Gasteiger partial charge >= 0.3 is 0 Å². The smallest absolute Gasteiger partial charge is 0.0455 e. The average Bonchev–Trinajstić information content (AvgIpc) is 2.84. The molecule has 1 aliphatic rings. The maximum absolute atomic E-state index is 6.13. The molecule has 2 atom stereocenters. The van der Waals surface area contributed by atoms with E-state index in [1.54, 1.807) is 0 Å². The van der Waals surface area contributed by atoms with Crippen LogP contribution in [0.4, 0.5) is 0 Å². The first kappa shape index (κ1) is 10.3. The molecule has 0 aliphatic heterocycles. The Morgan fingerprint density at radius 3 is 2.86 bits per heavy atom. The molecule has 1 aliphatic carbocycles. The van der Waals surface area contributed by atoms with Crippen molar-refractivity contribution in [3.8, 4) is 0 Å². The minimum atomic E-state index is 0.632. The van der Waals surface area contributed by atoms with E-state index in [-0.39, 0.29) is 0 Å². The zero-order valence-electron chi connectivity index (χ0n) is 8.06. The maximum atomic E-state index is 6.13. The molecule has 0 bridgehead atoms. The van der Waals surface area contributed by atoms with Crippen LogP contribution in [0, 0.1) is 5.92 Å². The van der Waals surface area contributed by atoms with E-state index < -0.39 is 0 Å². The predicted molar refractivity (Wildman–Crippen MR) is 61.2 cm³/mol. The first-order valence-electron chi connectivity index (χ1n) is 4.82. The summed E-state index contributed by atoms with van der Waals surface area (Å²) < 4.78 is 0. The molecule has 0 aromatic heterocycles. The molecule has 1 fully saturated rings. The Balaban J connectivity index is 2.11. The fourth-order valence-electron chi connectivity index (χ4n) is 1.92. The molecule has 1 saturated carbocycles. The lowest BCUT2D eigenvalue weighted by Crippen LogP contribution is -2.10. The summed E-state index contributed by atoms with van der Waals surface area (Å²) in [7, 11) is 1.98. The zero-order valence-corrected chi connectivity index (χ0v) is 9.57. The molecule has 14 heavy (non-hydrogen) atoms. The highest BCUT2D eigenvalue weighted by atomic mass is 35.5. The van der Waals surface area contributed by atoms with E-state index in [1.807, 2.05) is 25.2 Å². The average molecular weight is 230 g/mol. The molecule has 0 amide bonds. The fourth-order valence-corrected chi connectivity index (χ4v) is 2.47. The molecule has 3 heteroatoms. The van der Waals surface area contributed by atoms with Crippen molar-refractivity contribution in [2.24, 2.45) is 5.92 Å². The number of benzene rings is 1. The van der Waals surface area contributed by atoms with E-state index >= 15 is 0 Å². The zero-order chi connectivity index (χ0) is 10.1. The number of hydrogen-bond acceptors (Lipinski definition) is 1. The SMILES string of the molecule is CNC[C@H]1C[C@H]1c1ccc(Cl)cc1Cl. The molecule has 0 saturated heterocycles. The van der Waals surface area contributed by atoms with Gasteiger partial charge < -0.3 is 5.32 Å². The summed E-state index contributed by atoms with van der Waals surface area (Å²) >= 11 is 12.0. The van der Waals surface area contributed by atoms with E-state index in [4.69, 9.17) is 23.2 Å². The maximum Gasteiger partial charge on any atom is 0.0455 e. The summed E-state index contributed by atoms with van der Waals surface area (Å²) in [5, 5.41) is 4.71. The number of rotatable bonds is 3.